The van der Waals surface area contributed by atoms with Gasteiger partial charge in [-0.25, -0.2) is 0 Å². The van der Waals surface area contributed by atoms with Gasteiger partial charge in [-0.3, -0.25) is 0 Å². The minimum Gasteiger partial charge on any atom is -0.379 e. The van der Waals surface area contributed by atoms with E-state index in [1.807, 2.05) is 0 Å². The number of hydrogen-bond donors (Lipinski definition) is 0. The maximum Gasteiger partial charge on any atom is 0.151 e. The Balaban J connectivity index is 2.05. The van der Waals surface area contributed by atoms with E-state index >= 15 is 0 Å². The highest BCUT2D eigenvalue weighted by molar-refractivity contribution is 6.29. The third-order valence-electron chi connectivity index (χ3n) is 1.76. The number of ether oxygens (including phenoxy) is 2. The van der Waals surface area contributed by atoms with E-state index in [-0.39, 0.29) is 0 Å². The monoisotopic (exact) mass is 244 g/mol. The van der Waals surface area contributed by atoms with E-state index in [9.17, 15) is 0 Å². The molecular weight excluding hydrogens is 228 g/mol. The third kappa shape index (κ3) is 6.00. The van der Waals surface area contributed by atoms with Gasteiger partial charge in [0.25, 0.3) is 0 Å². The van der Waals surface area contributed by atoms with Gasteiger partial charge in [0.05, 0.1) is 25.5 Å². The van der Waals surface area contributed by atoms with Gasteiger partial charge in [-0.2, -0.15) is 5.10 Å². The Labute approximate surface area is 101 Å². The molecule has 5 heteroatoms. The molecule has 0 atom stereocenters. The van der Waals surface area contributed by atoms with Crippen molar-refractivity contribution < 1.29 is 9.47 Å². The molecule has 0 spiro atoms. The summed E-state index contributed by atoms with van der Waals surface area (Å²) in [6.07, 6.45) is 0. The van der Waals surface area contributed by atoms with Crippen molar-refractivity contribution in [3.8, 4) is 0 Å². The Morgan fingerprint density at radius 2 is 1.94 bits per heavy atom. The topological polar surface area (TPSA) is 44.2 Å². The molecule has 90 valence electrons. The lowest BCUT2D eigenvalue weighted by Crippen LogP contribution is -2.09. The van der Waals surface area contributed by atoms with Crippen molar-refractivity contribution in [2.45, 2.75) is 20.5 Å². The normalized spacial score (nSPS) is 11.0. The first-order valence-corrected chi connectivity index (χ1v) is 5.70. The maximum atomic E-state index is 5.61. The average Bonchev–Trinajstić information content (AvgIpc) is 2.25. The second-order valence-electron chi connectivity index (χ2n) is 3.87. The number of hydrogen-bond acceptors (Lipinski definition) is 4. The number of rotatable bonds is 7. The Kier molecular flexibility index (Phi) is 6.30. The Morgan fingerprint density at radius 3 is 2.56 bits per heavy atom. The molecule has 1 heterocycles. The van der Waals surface area contributed by atoms with Gasteiger partial charge in [0.1, 0.15) is 0 Å². The van der Waals surface area contributed by atoms with Gasteiger partial charge in [0.15, 0.2) is 5.15 Å². The highest BCUT2D eigenvalue weighted by atomic mass is 35.5. The zero-order valence-corrected chi connectivity index (χ0v) is 10.4. The van der Waals surface area contributed by atoms with Gasteiger partial charge >= 0.3 is 0 Å². The first kappa shape index (κ1) is 13.4. The summed E-state index contributed by atoms with van der Waals surface area (Å²) in [5, 5.41) is 7.99. The first-order chi connectivity index (χ1) is 7.68. The van der Waals surface area contributed by atoms with Crippen LogP contribution >= 0.6 is 11.6 Å². The summed E-state index contributed by atoms with van der Waals surface area (Å²) in [5.74, 6) is 0.558. The van der Waals surface area contributed by atoms with Crippen LogP contribution in [0.25, 0.3) is 0 Å². The second-order valence-corrected chi connectivity index (χ2v) is 4.26. The minimum absolute atomic E-state index is 0.393. The van der Waals surface area contributed by atoms with Crippen LogP contribution in [0, 0.1) is 5.92 Å². The number of halogens is 1. The lowest BCUT2D eigenvalue weighted by atomic mass is 10.2. The van der Waals surface area contributed by atoms with Crippen LogP contribution in [0.5, 0.6) is 0 Å². The van der Waals surface area contributed by atoms with E-state index in [2.05, 4.69) is 24.0 Å². The fraction of sp³-hybridized carbons (Fsp3) is 0.636. The average molecular weight is 245 g/mol. The van der Waals surface area contributed by atoms with E-state index in [1.54, 1.807) is 12.1 Å². The van der Waals surface area contributed by atoms with Gasteiger partial charge in [-0.1, -0.05) is 25.4 Å². The lowest BCUT2D eigenvalue weighted by Gasteiger charge is -2.07. The fourth-order valence-electron chi connectivity index (χ4n) is 1.03. The molecule has 1 rings (SSSR count). The second kappa shape index (κ2) is 7.54. The summed E-state index contributed by atoms with van der Waals surface area (Å²) in [7, 11) is 0. The van der Waals surface area contributed by atoms with Crippen molar-refractivity contribution in [1.29, 1.82) is 0 Å². The van der Waals surface area contributed by atoms with E-state index in [0.717, 1.165) is 12.3 Å². The number of nitrogens with zero attached hydrogens (tertiary/aromatic N) is 2. The molecule has 0 amide bonds. The summed E-state index contributed by atoms with van der Waals surface area (Å²) >= 11 is 5.61. The van der Waals surface area contributed by atoms with Crippen molar-refractivity contribution in [3.63, 3.8) is 0 Å². The molecule has 0 radical (unpaired) electrons. The van der Waals surface area contributed by atoms with Gasteiger partial charge in [-0.05, 0) is 18.1 Å². The highest BCUT2D eigenvalue weighted by Gasteiger charge is 1.97. The third-order valence-corrected chi connectivity index (χ3v) is 1.96. The van der Waals surface area contributed by atoms with Gasteiger partial charge in [0.2, 0.25) is 0 Å². The molecule has 1 aromatic rings. The van der Waals surface area contributed by atoms with E-state index in [0.29, 0.717) is 30.9 Å². The van der Waals surface area contributed by atoms with Crippen molar-refractivity contribution in [3.05, 3.63) is 23.0 Å². The quantitative estimate of drug-likeness (QED) is 0.691. The molecule has 0 aliphatic rings. The van der Waals surface area contributed by atoms with Crippen LogP contribution in [0.2, 0.25) is 5.15 Å². The molecule has 0 aromatic carbocycles. The van der Waals surface area contributed by atoms with Crippen LogP contribution in [0.15, 0.2) is 12.1 Å². The van der Waals surface area contributed by atoms with Crippen LogP contribution in [0.1, 0.15) is 19.5 Å². The lowest BCUT2D eigenvalue weighted by molar-refractivity contribution is 0.0303. The molecule has 0 unspecified atom stereocenters. The predicted octanol–water partition coefficient (Wildman–Crippen LogP) is 2.32. The van der Waals surface area contributed by atoms with Gasteiger partial charge < -0.3 is 9.47 Å². The fourth-order valence-corrected chi connectivity index (χ4v) is 1.14. The van der Waals surface area contributed by atoms with E-state index in [1.165, 1.54) is 0 Å². The van der Waals surface area contributed by atoms with Crippen molar-refractivity contribution in [1.82, 2.24) is 10.2 Å². The maximum absolute atomic E-state index is 5.61. The van der Waals surface area contributed by atoms with Crippen LogP contribution in [0.3, 0.4) is 0 Å². The molecule has 0 aliphatic carbocycles. The van der Waals surface area contributed by atoms with Crippen LogP contribution in [-0.4, -0.2) is 30.0 Å². The molecular formula is C11H17ClN2O2. The first-order valence-electron chi connectivity index (χ1n) is 5.32. The predicted molar refractivity (Wildman–Crippen MR) is 62.4 cm³/mol. The van der Waals surface area contributed by atoms with E-state index < -0.39 is 0 Å². The Morgan fingerprint density at radius 1 is 1.19 bits per heavy atom. The SMILES string of the molecule is CC(C)COCCOCc1ccc(Cl)nn1. The molecule has 0 bridgehead atoms. The molecule has 16 heavy (non-hydrogen) atoms. The zero-order valence-electron chi connectivity index (χ0n) is 9.65. The largest absolute Gasteiger partial charge is 0.379 e. The summed E-state index contributed by atoms with van der Waals surface area (Å²) in [5.41, 5.74) is 0.772. The molecule has 0 saturated carbocycles. The molecule has 0 aliphatic heterocycles. The summed E-state index contributed by atoms with van der Waals surface area (Å²) < 4.78 is 10.7. The summed E-state index contributed by atoms with van der Waals surface area (Å²) in [6, 6.07) is 3.49. The van der Waals surface area contributed by atoms with Crippen LogP contribution < -0.4 is 0 Å². The van der Waals surface area contributed by atoms with Crippen LogP contribution in [-0.2, 0) is 16.1 Å². The summed E-state index contributed by atoms with van der Waals surface area (Å²) in [6.45, 7) is 6.61. The van der Waals surface area contributed by atoms with E-state index in [4.69, 9.17) is 21.1 Å². The standard InChI is InChI=1S/C11H17ClN2O2/c1-9(2)7-15-5-6-16-8-10-3-4-11(12)14-13-10/h3-4,9H,5-8H2,1-2H3. The van der Waals surface area contributed by atoms with Gasteiger partial charge in [0, 0.05) is 6.61 Å². The molecule has 0 saturated heterocycles. The Bertz CT molecular complexity index is 291. The highest BCUT2D eigenvalue weighted by Crippen LogP contribution is 2.03. The molecule has 4 nitrogen and oxygen atoms in total. The van der Waals surface area contributed by atoms with Crippen molar-refractivity contribution in [2.24, 2.45) is 5.92 Å². The van der Waals surface area contributed by atoms with Crippen molar-refractivity contribution >= 4 is 11.6 Å². The number of aromatic nitrogens is 2. The zero-order chi connectivity index (χ0) is 11.8. The van der Waals surface area contributed by atoms with Crippen molar-refractivity contribution in [2.75, 3.05) is 19.8 Å². The van der Waals surface area contributed by atoms with Gasteiger partial charge in [-0.15, -0.1) is 5.10 Å². The smallest absolute Gasteiger partial charge is 0.151 e. The molecule has 1 aromatic heterocycles. The molecule has 0 fully saturated rings. The molecule has 0 N–H and O–H groups in total. The van der Waals surface area contributed by atoms with Crippen LogP contribution in [0.4, 0.5) is 0 Å². The summed E-state index contributed by atoms with van der Waals surface area (Å²) in [4.78, 5) is 0. The minimum atomic E-state index is 0.393. The Hall–Kier alpha value is -0.710.